The molecule has 2 aromatic rings. The van der Waals surface area contributed by atoms with Crippen LogP contribution >= 0.6 is 11.6 Å². The van der Waals surface area contributed by atoms with Crippen molar-refractivity contribution in [2.75, 3.05) is 13.2 Å². The average molecular weight is 374 g/mol. The fourth-order valence-corrected chi connectivity index (χ4v) is 3.21. The van der Waals surface area contributed by atoms with Crippen LogP contribution in [0.3, 0.4) is 0 Å². The highest BCUT2D eigenvalue weighted by molar-refractivity contribution is 6.30. The highest BCUT2D eigenvalue weighted by Gasteiger charge is 2.21. The van der Waals surface area contributed by atoms with Crippen molar-refractivity contribution in [3.63, 3.8) is 0 Å². The van der Waals surface area contributed by atoms with Crippen molar-refractivity contribution in [1.82, 2.24) is 5.32 Å². The summed E-state index contributed by atoms with van der Waals surface area (Å²) in [6.07, 6.45) is 2.93. The van der Waals surface area contributed by atoms with E-state index in [1.807, 2.05) is 18.2 Å². The number of esters is 1. The zero-order valence-corrected chi connectivity index (χ0v) is 15.0. The molecule has 5 nitrogen and oxygen atoms in total. The van der Waals surface area contributed by atoms with Crippen molar-refractivity contribution in [2.24, 2.45) is 0 Å². The van der Waals surface area contributed by atoms with E-state index < -0.39 is 5.97 Å². The Morgan fingerprint density at radius 1 is 1.12 bits per heavy atom. The first-order chi connectivity index (χ1) is 12.6. The van der Waals surface area contributed by atoms with Gasteiger partial charge >= 0.3 is 5.97 Å². The molecule has 0 radical (unpaired) electrons. The van der Waals surface area contributed by atoms with Crippen molar-refractivity contribution in [3.05, 3.63) is 64.7 Å². The molecule has 1 N–H and O–H groups in total. The van der Waals surface area contributed by atoms with Gasteiger partial charge in [-0.05, 0) is 48.6 Å². The van der Waals surface area contributed by atoms with E-state index in [0.29, 0.717) is 10.8 Å². The zero-order valence-electron chi connectivity index (χ0n) is 14.2. The van der Waals surface area contributed by atoms with E-state index in [9.17, 15) is 9.59 Å². The Labute approximate surface area is 157 Å². The summed E-state index contributed by atoms with van der Waals surface area (Å²) in [4.78, 5) is 23.8. The van der Waals surface area contributed by atoms with Crippen molar-refractivity contribution >= 4 is 23.5 Å². The van der Waals surface area contributed by atoms with Gasteiger partial charge in [0.05, 0.1) is 6.04 Å². The van der Waals surface area contributed by atoms with Crippen molar-refractivity contribution in [3.8, 4) is 5.75 Å². The largest absolute Gasteiger partial charge is 0.482 e. The molecular weight excluding hydrogens is 354 g/mol. The van der Waals surface area contributed by atoms with Gasteiger partial charge in [0, 0.05) is 5.02 Å². The van der Waals surface area contributed by atoms with Gasteiger partial charge in [0.2, 0.25) is 0 Å². The summed E-state index contributed by atoms with van der Waals surface area (Å²) in [5, 5.41) is 3.45. The second kappa shape index (κ2) is 8.72. The van der Waals surface area contributed by atoms with E-state index in [2.05, 4.69) is 11.4 Å². The van der Waals surface area contributed by atoms with Crippen LogP contribution in [0.2, 0.25) is 5.02 Å². The molecule has 26 heavy (non-hydrogen) atoms. The molecule has 1 aliphatic rings. The van der Waals surface area contributed by atoms with E-state index in [-0.39, 0.29) is 25.2 Å². The Balaban J connectivity index is 1.43. The molecule has 136 valence electrons. The number of benzene rings is 2. The Kier molecular flexibility index (Phi) is 6.12. The quantitative estimate of drug-likeness (QED) is 0.787. The predicted molar refractivity (Wildman–Crippen MR) is 98.2 cm³/mol. The molecule has 0 aliphatic heterocycles. The average Bonchev–Trinajstić information content (AvgIpc) is 2.65. The minimum Gasteiger partial charge on any atom is -0.482 e. The summed E-state index contributed by atoms with van der Waals surface area (Å²) in [7, 11) is 0. The molecule has 0 aromatic heterocycles. The lowest BCUT2D eigenvalue weighted by Gasteiger charge is -2.26. The Morgan fingerprint density at radius 2 is 1.96 bits per heavy atom. The summed E-state index contributed by atoms with van der Waals surface area (Å²) < 4.78 is 10.3. The lowest BCUT2D eigenvalue weighted by atomic mass is 9.88. The molecule has 0 saturated heterocycles. The van der Waals surface area contributed by atoms with Crippen LogP contribution < -0.4 is 10.1 Å². The molecule has 1 atom stereocenters. The van der Waals surface area contributed by atoms with E-state index in [1.54, 1.807) is 24.3 Å². The zero-order chi connectivity index (χ0) is 18.4. The van der Waals surface area contributed by atoms with E-state index >= 15 is 0 Å². The fourth-order valence-electron chi connectivity index (χ4n) is 3.03. The van der Waals surface area contributed by atoms with Crippen LogP contribution in [0.4, 0.5) is 0 Å². The van der Waals surface area contributed by atoms with Crippen LogP contribution in [-0.2, 0) is 20.7 Å². The number of hydrogen-bond acceptors (Lipinski definition) is 4. The molecule has 0 saturated carbocycles. The van der Waals surface area contributed by atoms with E-state index in [0.717, 1.165) is 24.8 Å². The number of hydrogen-bond donors (Lipinski definition) is 1. The number of carbonyl (C=O) groups is 2. The van der Waals surface area contributed by atoms with Crippen LogP contribution in [0.15, 0.2) is 48.5 Å². The van der Waals surface area contributed by atoms with Gasteiger partial charge in [0.25, 0.3) is 5.91 Å². The first-order valence-corrected chi connectivity index (χ1v) is 8.91. The molecule has 3 rings (SSSR count). The number of amides is 1. The summed E-state index contributed by atoms with van der Waals surface area (Å²) in [5.74, 6) is -0.454. The maximum Gasteiger partial charge on any atom is 0.344 e. The fraction of sp³-hybridized carbons (Fsp3) is 0.300. The third-order valence-electron chi connectivity index (χ3n) is 4.22. The van der Waals surface area contributed by atoms with E-state index in [1.165, 1.54) is 5.56 Å². The van der Waals surface area contributed by atoms with Gasteiger partial charge in [0.15, 0.2) is 13.2 Å². The number of ether oxygens (including phenoxy) is 2. The second-order valence-corrected chi connectivity index (χ2v) is 6.55. The monoisotopic (exact) mass is 373 g/mol. The Hall–Kier alpha value is -2.53. The van der Waals surface area contributed by atoms with Crippen LogP contribution in [0, 0.1) is 0 Å². The molecule has 0 fully saturated rings. The molecule has 1 amide bonds. The Morgan fingerprint density at radius 3 is 2.81 bits per heavy atom. The molecule has 2 aromatic carbocycles. The van der Waals surface area contributed by atoms with Crippen LogP contribution in [0.5, 0.6) is 5.75 Å². The number of rotatable bonds is 6. The van der Waals surface area contributed by atoms with Crippen LogP contribution in [-0.4, -0.2) is 25.1 Å². The first-order valence-electron chi connectivity index (χ1n) is 8.53. The molecule has 0 bridgehead atoms. The standard InChI is InChI=1S/C20H20ClNO4/c21-15-7-4-8-16(11-15)25-13-20(24)26-12-19(23)22-18-10-3-6-14-5-1-2-9-17(14)18/h1-2,4-5,7-9,11,18H,3,6,10,12-13H2,(H,22,23). The van der Waals surface area contributed by atoms with Crippen molar-refractivity contribution in [2.45, 2.75) is 25.3 Å². The van der Waals surface area contributed by atoms with Gasteiger partial charge in [-0.3, -0.25) is 4.79 Å². The number of halogens is 1. The van der Waals surface area contributed by atoms with Gasteiger partial charge in [-0.15, -0.1) is 0 Å². The minimum absolute atomic E-state index is 0.0335. The minimum atomic E-state index is -0.607. The van der Waals surface area contributed by atoms with Gasteiger partial charge in [-0.25, -0.2) is 4.79 Å². The number of nitrogens with one attached hydrogen (secondary N) is 1. The number of aryl methyl sites for hydroxylation is 1. The molecule has 1 unspecified atom stereocenters. The third-order valence-corrected chi connectivity index (χ3v) is 4.46. The summed E-state index contributed by atoms with van der Waals surface area (Å²) in [6, 6.07) is 14.8. The molecular formula is C20H20ClNO4. The summed E-state index contributed by atoms with van der Waals surface area (Å²) in [6.45, 7) is -0.601. The second-order valence-electron chi connectivity index (χ2n) is 6.12. The van der Waals surface area contributed by atoms with Gasteiger partial charge < -0.3 is 14.8 Å². The smallest absolute Gasteiger partial charge is 0.344 e. The number of carbonyl (C=O) groups excluding carboxylic acids is 2. The summed E-state index contributed by atoms with van der Waals surface area (Å²) in [5.41, 5.74) is 2.40. The highest BCUT2D eigenvalue weighted by atomic mass is 35.5. The molecule has 1 aliphatic carbocycles. The van der Waals surface area contributed by atoms with Gasteiger partial charge in [-0.1, -0.05) is 41.9 Å². The van der Waals surface area contributed by atoms with E-state index in [4.69, 9.17) is 21.1 Å². The molecule has 6 heteroatoms. The SMILES string of the molecule is O=C(COC(=O)COc1cccc(Cl)c1)NC1CCCc2ccccc21. The normalized spacial score (nSPS) is 15.7. The third kappa shape index (κ3) is 4.99. The predicted octanol–water partition coefficient (Wildman–Crippen LogP) is 3.46. The van der Waals surface area contributed by atoms with Crippen molar-refractivity contribution in [1.29, 1.82) is 0 Å². The lowest BCUT2D eigenvalue weighted by molar-refractivity contribution is -0.150. The maximum atomic E-state index is 12.1. The lowest BCUT2D eigenvalue weighted by Crippen LogP contribution is -2.34. The topological polar surface area (TPSA) is 64.6 Å². The highest BCUT2D eigenvalue weighted by Crippen LogP contribution is 2.29. The van der Waals surface area contributed by atoms with Gasteiger partial charge in [0.1, 0.15) is 5.75 Å². The maximum absolute atomic E-state index is 12.1. The summed E-state index contributed by atoms with van der Waals surface area (Å²) >= 11 is 5.84. The molecule has 0 spiro atoms. The number of fused-ring (bicyclic) bond motifs is 1. The first kappa shape index (κ1) is 18.3. The van der Waals surface area contributed by atoms with Gasteiger partial charge in [-0.2, -0.15) is 0 Å². The van der Waals surface area contributed by atoms with Crippen LogP contribution in [0.1, 0.15) is 30.0 Å². The van der Waals surface area contributed by atoms with Crippen molar-refractivity contribution < 1.29 is 19.1 Å². The Bertz CT molecular complexity index is 793. The van der Waals surface area contributed by atoms with Crippen LogP contribution in [0.25, 0.3) is 0 Å². The molecule has 0 heterocycles.